The third-order valence-electron chi connectivity index (χ3n) is 3.33. The maximum absolute atomic E-state index is 10.8. The third kappa shape index (κ3) is 2.64. The summed E-state index contributed by atoms with van der Waals surface area (Å²) >= 11 is 6.19. The summed E-state index contributed by atoms with van der Waals surface area (Å²) in [7, 11) is 0. The second-order valence-corrected chi connectivity index (χ2v) is 5.11. The van der Waals surface area contributed by atoms with Gasteiger partial charge < -0.3 is 10.4 Å². The van der Waals surface area contributed by atoms with Crippen molar-refractivity contribution in [1.82, 2.24) is 15.1 Å². The minimum Gasteiger partial charge on any atom is -0.383 e. The molecule has 17 heavy (non-hydrogen) atoms. The van der Waals surface area contributed by atoms with Gasteiger partial charge in [-0.3, -0.25) is 4.68 Å². The van der Waals surface area contributed by atoms with Gasteiger partial charge in [0, 0.05) is 6.54 Å². The zero-order valence-electron chi connectivity index (χ0n) is 10.2. The maximum atomic E-state index is 10.8. The van der Waals surface area contributed by atoms with E-state index in [9.17, 15) is 5.11 Å². The summed E-state index contributed by atoms with van der Waals surface area (Å²) in [6.07, 6.45) is 5.03. The Bertz CT molecular complexity index is 370. The van der Waals surface area contributed by atoms with Crippen molar-refractivity contribution in [2.24, 2.45) is 0 Å². The molecule has 0 saturated carbocycles. The topological polar surface area (TPSA) is 50.1 Å². The summed E-state index contributed by atoms with van der Waals surface area (Å²) in [4.78, 5) is 0. The Balaban J connectivity index is 2.32. The van der Waals surface area contributed by atoms with Crippen molar-refractivity contribution in [3.63, 3.8) is 0 Å². The van der Waals surface area contributed by atoms with E-state index in [1.165, 1.54) is 0 Å². The number of hydrogen-bond donors (Lipinski definition) is 2. The van der Waals surface area contributed by atoms with Gasteiger partial charge in [-0.25, -0.2) is 0 Å². The molecule has 0 aromatic carbocycles. The first-order valence-corrected chi connectivity index (χ1v) is 6.70. The molecule has 0 aliphatic carbocycles. The second kappa shape index (κ2) is 5.38. The minimum absolute atomic E-state index is 0.586. The van der Waals surface area contributed by atoms with Crippen molar-refractivity contribution in [3.8, 4) is 0 Å². The summed E-state index contributed by atoms with van der Waals surface area (Å²) in [6, 6.07) is 0. The lowest BCUT2D eigenvalue weighted by atomic mass is 9.91. The predicted molar refractivity (Wildman–Crippen MR) is 68.1 cm³/mol. The Labute approximate surface area is 107 Å². The number of aromatic nitrogens is 2. The molecule has 0 amide bonds. The van der Waals surface area contributed by atoms with Crippen molar-refractivity contribution in [3.05, 3.63) is 16.9 Å². The van der Waals surface area contributed by atoms with Gasteiger partial charge in [-0.05, 0) is 38.8 Å². The van der Waals surface area contributed by atoms with Gasteiger partial charge in [0.2, 0.25) is 0 Å². The summed E-state index contributed by atoms with van der Waals surface area (Å²) in [5.74, 6) is 0. The van der Waals surface area contributed by atoms with Gasteiger partial charge in [-0.15, -0.1) is 0 Å². The molecule has 1 saturated heterocycles. The Morgan fingerprint density at radius 1 is 1.53 bits per heavy atom. The smallest absolute Gasteiger partial charge is 0.109 e. The molecule has 0 radical (unpaired) electrons. The van der Waals surface area contributed by atoms with E-state index in [-0.39, 0.29) is 0 Å². The SMILES string of the molecule is CCCn1ncc(Cl)c1C1(O)CCCNCC1. The normalized spacial score (nSPS) is 25.8. The van der Waals surface area contributed by atoms with E-state index in [0.717, 1.165) is 44.6 Å². The zero-order valence-corrected chi connectivity index (χ0v) is 11.0. The van der Waals surface area contributed by atoms with Crippen molar-refractivity contribution < 1.29 is 5.11 Å². The summed E-state index contributed by atoms with van der Waals surface area (Å²) in [6.45, 7) is 4.68. The summed E-state index contributed by atoms with van der Waals surface area (Å²) in [5, 5.41) is 19.0. The van der Waals surface area contributed by atoms with Crippen molar-refractivity contribution in [1.29, 1.82) is 0 Å². The molecule has 1 aliphatic rings. The van der Waals surface area contributed by atoms with Crippen LogP contribution in [0.15, 0.2) is 6.20 Å². The van der Waals surface area contributed by atoms with Crippen LogP contribution in [0.3, 0.4) is 0 Å². The number of halogens is 1. The van der Waals surface area contributed by atoms with Gasteiger partial charge in [0.05, 0.1) is 16.9 Å². The Hall–Kier alpha value is -0.580. The molecule has 1 aromatic heterocycles. The molecule has 5 heteroatoms. The van der Waals surface area contributed by atoms with Crippen molar-refractivity contribution in [2.75, 3.05) is 13.1 Å². The molecular weight excluding hydrogens is 238 g/mol. The van der Waals surface area contributed by atoms with Crippen LogP contribution in [-0.4, -0.2) is 28.0 Å². The Morgan fingerprint density at radius 3 is 3.12 bits per heavy atom. The first-order chi connectivity index (χ1) is 8.17. The summed E-state index contributed by atoms with van der Waals surface area (Å²) < 4.78 is 1.85. The van der Waals surface area contributed by atoms with Gasteiger partial charge in [0.15, 0.2) is 0 Å². The van der Waals surface area contributed by atoms with E-state index >= 15 is 0 Å². The lowest BCUT2D eigenvalue weighted by Crippen LogP contribution is -2.30. The standard InChI is InChI=1S/C12H20ClN3O/c1-2-8-16-11(10(13)9-15-16)12(17)4-3-6-14-7-5-12/h9,14,17H,2-8H2,1H3. The number of aliphatic hydroxyl groups is 1. The zero-order chi connectivity index (χ0) is 12.3. The molecule has 1 fully saturated rings. The number of rotatable bonds is 3. The van der Waals surface area contributed by atoms with E-state index in [2.05, 4.69) is 17.3 Å². The molecule has 96 valence electrons. The molecule has 1 unspecified atom stereocenters. The fourth-order valence-corrected chi connectivity index (χ4v) is 2.81. The monoisotopic (exact) mass is 257 g/mol. The minimum atomic E-state index is -0.827. The van der Waals surface area contributed by atoms with E-state index in [1.807, 2.05) is 4.68 Å². The van der Waals surface area contributed by atoms with E-state index in [1.54, 1.807) is 6.20 Å². The van der Waals surface area contributed by atoms with E-state index in [4.69, 9.17) is 11.6 Å². The third-order valence-corrected chi connectivity index (χ3v) is 3.61. The van der Waals surface area contributed by atoms with Crippen LogP contribution in [0.2, 0.25) is 5.02 Å². The van der Waals surface area contributed by atoms with Crippen LogP contribution >= 0.6 is 11.6 Å². The second-order valence-electron chi connectivity index (χ2n) is 4.70. The van der Waals surface area contributed by atoms with Gasteiger partial charge in [-0.2, -0.15) is 5.10 Å². The molecule has 2 rings (SSSR count). The first-order valence-electron chi connectivity index (χ1n) is 6.32. The van der Waals surface area contributed by atoms with Gasteiger partial charge in [0.1, 0.15) is 5.60 Å². The van der Waals surface area contributed by atoms with E-state index in [0.29, 0.717) is 11.4 Å². The fourth-order valence-electron chi connectivity index (χ4n) is 2.49. The molecule has 1 aromatic rings. The lowest BCUT2D eigenvalue weighted by Gasteiger charge is -2.27. The van der Waals surface area contributed by atoms with Crippen LogP contribution in [0.1, 0.15) is 38.3 Å². The van der Waals surface area contributed by atoms with Crippen LogP contribution in [0.25, 0.3) is 0 Å². The molecular formula is C12H20ClN3O. The van der Waals surface area contributed by atoms with Crippen LogP contribution in [0.5, 0.6) is 0 Å². The number of nitrogens with one attached hydrogen (secondary N) is 1. The molecule has 0 spiro atoms. The number of aryl methyl sites for hydroxylation is 1. The highest BCUT2D eigenvalue weighted by Gasteiger charge is 2.35. The van der Waals surface area contributed by atoms with Crippen LogP contribution in [0, 0.1) is 0 Å². The number of hydrogen-bond acceptors (Lipinski definition) is 3. The molecule has 2 N–H and O–H groups in total. The highest BCUT2D eigenvalue weighted by atomic mass is 35.5. The van der Waals surface area contributed by atoms with Gasteiger partial charge in [-0.1, -0.05) is 18.5 Å². The average molecular weight is 258 g/mol. The van der Waals surface area contributed by atoms with Crippen LogP contribution in [-0.2, 0) is 12.1 Å². The quantitative estimate of drug-likeness (QED) is 0.870. The molecule has 1 atom stereocenters. The Kier molecular flexibility index (Phi) is 4.07. The molecule has 1 aliphatic heterocycles. The van der Waals surface area contributed by atoms with Gasteiger partial charge >= 0.3 is 0 Å². The maximum Gasteiger partial charge on any atom is 0.109 e. The number of nitrogens with zero attached hydrogens (tertiary/aromatic N) is 2. The molecule has 0 bridgehead atoms. The largest absolute Gasteiger partial charge is 0.383 e. The van der Waals surface area contributed by atoms with Crippen molar-refractivity contribution in [2.45, 2.75) is 44.8 Å². The van der Waals surface area contributed by atoms with Crippen LogP contribution in [0.4, 0.5) is 0 Å². The Morgan fingerprint density at radius 2 is 2.35 bits per heavy atom. The highest BCUT2D eigenvalue weighted by Crippen LogP contribution is 2.35. The highest BCUT2D eigenvalue weighted by molar-refractivity contribution is 6.31. The fraction of sp³-hybridized carbons (Fsp3) is 0.750. The van der Waals surface area contributed by atoms with Crippen molar-refractivity contribution >= 4 is 11.6 Å². The lowest BCUT2D eigenvalue weighted by molar-refractivity contribution is 0.0151. The average Bonchev–Trinajstić information content (AvgIpc) is 2.53. The molecule has 2 heterocycles. The predicted octanol–water partition coefficient (Wildman–Crippen LogP) is 1.91. The molecule has 4 nitrogen and oxygen atoms in total. The van der Waals surface area contributed by atoms with E-state index < -0.39 is 5.60 Å². The van der Waals surface area contributed by atoms with Crippen LogP contribution < -0.4 is 5.32 Å². The summed E-state index contributed by atoms with van der Waals surface area (Å²) in [5.41, 5.74) is -0.0311. The van der Waals surface area contributed by atoms with Gasteiger partial charge in [0.25, 0.3) is 0 Å². The first kappa shape index (κ1) is 12.9.